The van der Waals surface area contributed by atoms with Gasteiger partial charge in [-0.15, -0.1) is 0 Å². The van der Waals surface area contributed by atoms with Crippen LogP contribution < -0.4 is 5.32 Å². The molecule has 0 saturated carbocycles. The van der Waals surface area contributed by atoms with E-state index in [0.29, 0.717) is 13.1 Å². The number of carbonyl (C=O) groups excluding carboxylic acids is 2. The molecule has 1 aromatic carbocycles. The van der Waals surface area contributed by atoms with Crippen molar-refractivity contribution in [2.24, 2.45) is 5.92 Å². The van der Waals surface area contributed by atoms with Gasteiger partial charge in [-0.05, 0) is 25.3 Å². The van der Waals surface area contributed by atoms with Gasteiger partial charge in [-0.3, -0.25) is 9.59 Å². The van der Waals surface area contributed by atoms with Crippen molar-refractivity contribution < 1.29 is 9.59 Å². The zero-order valence-corrected chi connectivity index (χ0v) is 12.1. The SMILES string of the molecule is CC(=O)N1CC(C(=O)N[C@H](C)CCc2ccccc2)C1. The zero-order valence-electron chi connectivity index (χ0n) is 12.1. The topological polar surface area (TPSA) is 49.4 Å². The Labute approximate surface area is 120 Å². The molecule has 20 heavy (non-hydrogen) atoms. The molecule has 1 aliphatic heterocycles. The van der Waals surface area contributed by atoms with Crippen LogP contribution in [0, 0.1) is 5.92 Å². The second-order valence-electron chi connectivity index (χ2n) is 5.55. The molecule has 4 heteroatoms. The summed E-state index contributed by atoms with van der Waals surface area (Å²) in [6.45, 7) is 4.69. The molecule has 0 aliphatic carbocycles. The highest BCUT2D eigenvalue weighted by Gasteiger charge is 2.34. The van der Waals surface area contributed by atoms with E-state index >= 15 is 0 Å². The van der Waals surface area contributed by atoms with E-state index < -0.39 is 0 Å². The number of hydrogen-bond donors (Lipinski definition) is 1. The highest BCUT2D eigenvalue weighted by Crippen LogP contribution is 2.16. The van der Waals surface area contributed by atoms with Gasteiger partial charge in [0, 0.05) is 26.1 Å². The first-order valence-electron chi connectivity index (χ1n) is 7.16. The molecule has 0 radical (unpaired) electrons. The average Bonchev–Trinajstić information content (AvgIpc) is 2.35. The summed E-state index contributed by atoms with van der Waals surface area (Å²) in [4.78, 5) is 24.7. The third-order valence-corrected chi connectivity index (χ3v) is 3.80. The second kappa shape index (κ2) is 6.55. The first kappa shape index (κ1) is 14.6. The molecular weight excluding hydrogens is 252 g/mol. The lowest BCUT2D eigenvalue weighted by Gasteiger charge is -2.38. The number of aryl methyl sites for hydroxylation is 1. The van der Waals surface area contributed by atoms with Crippen molar-refractivity contribution in [3.8, 4) is 0 Å². The standard InChI is InChI=1S/C16H22N2O2/c1-12(8-9-14-6-4-3-5-7-14)17-16(20)15-10-18(11-15)13(2)19/h3-7,12,15H,8-11H2,1-2H3,(H,17,20)/t12-/m1/s1. The normalized spacial score (nSPS) is 16.4. The lowest BCUT2D eigenvalue weighted by Crippen LogP contribution is -2.56. The zero-order chi connectivity index (χ0) is 14.5. The van der Waals surface area contributed by atoms with Crippen molar-refractivity contribution in [3.63, 3.8) is 0 Å². The smallest absolute Gasteiger partial charge is 0.226 e. The predicted molar refractivity (Wildman–Crippen MR) is 78.1 cm³/mol. The van der Waals surface area contributed by atoms with E-state index in [2.05, 4.69) is 17.4 Å². The summed E-state index contributed by atoms with van der Waals surface area (Å²) >= 11 is 0. The van der Waals surface area contributed by atoms with Crippen molar-refractivity contribution in [2.45, 2.75) is 32.7 Å². The fourth-order valence-corrected chi connectivity index (χ4v) is 2.36. The van der Waals surface area contributed by atoms with Crippen LogP contribution in [-0.2, 0) is 16.0 Å². The van der Waals surface area contributed by atoms with Gasteiger partial charge >= 0.3 is 0 Å². The summed E-state index contributed by atoms with van der Waals surface area (Å²) in [7, 11) is 0. The maximum absolute atomic E-state index is 12.0. The summed E-state index contributed by atoms with van der Waals surface area (Å²) in [5.74, 6) is 0.0901. The molecule has 0 bridgehead atoms. The van der Waals surface area contributed by atoms with E-state index in [4.69, 9.17) is 0 Å². The third-order valence-electron chi connectivity index (χ3n) is 3.80. The van der Waals surface area contributed by atoms with E-state index in [1.165, 1.54) is 12.5 Å². The minimum atomic E-state index is -0.0296. The molecule has 0 spiro atoms. The molecule has 1 atom stereocenters. The number of hydrogen-bond acceptors (Lipinski definition) is 2. The largest absolute Gasteiger partial charge is 0.353 e. The number of nitrogens with one attached hydrogen (secondary N) is 1. The summed E-state index contributed by atoms with van der Waals surface area (Å²) in [5.41, 5.74) is 1.29. The van der Waals surface area contributed by atoms with Crippen LogP contribution in [0.1, 0.15) is 25.8 Å². The Kier molecular flexibility index (Phi) is 4.77. The molecule has 4 nitrogen and oxygen atoms in total. The van der Waals surface area contributed by atoms with E-state index in [1.54, 1.807) is 4.90 Å². The molecule has 1 N–H and O–H groups in total. The number of amides is 2. The Morgan fingerprint density at radius 1 is 1.30 bits per heavy atom. The molecule has 0 unspecified atom stereocenters. The van der Waals surface area contributed by atoms with Gasteiger partial charge in [0.15, 0.2) is 0 Å². The van der Waals surface area contributed by atoms with Crippen molar-refractivity contribution in [3.05, 3.63) is 35.9 Å². The number of carbonyl (C=O) groups is 2. The van der Waals surface area contributed by atoms with Crippen LogP contribution >= 0.6 is 0 Å². The van der Waals surface area contributed by atoms with E-state index in [0.717, 1.165) is 12.8 Å². The average molecular weight is 274 g/mol. The van der Waals surface area contributed by atoms with Crippen molar-refractivity contribution in [1.82, 2.24) is 10.2 Å². The molecule has 1 aromatic rings. The van der Waals surface area contributed by atoms with Crippen molar-refractivity contribution in [1.29, 1.82) is 0 Å². The van der Waals surface area contributed by atoms with Gasteiger partial charge in [-0.1, -0.05) is 30.3 Å². The minimum Gasteiger partial charge on any atom is -0.353 e. The third kappa shape index (κ3) is 3.83. The lowest BCUT2D eigenvalue weighted by molar-refractivity contribution is -0.141. The molecule has 1 aliphatic rings. The fraction of sp³-hybridized carbons (Fsp3) is 0.500. The van der Waals surface area contributed by atoms with Crippen LogP contribution in [0.25, 0.3) is 0 Å². The molecule has 1 fully saturated rings. The van der Waals surface area contributed by atoms with E-state index in [1.807, 2.05) is 25.1 Å². The van der Waals surface area contributed by atoms with Gasteiger partial charge in [-0.25, -0.2) is 0 Å². The first-order chi connectivity index (χ1) is 9.56. The van der Waals surface area contributed by atoms with Crippen LogP contribution in [0.2, 0.25) is 0 Å². The maximum Gasteiger partial charge on any atom is 0.226 e. The quantitative estimate of drug-likeness (QED) is 0.886. The summed E-state index contributed by atoms with van der Waals surface area (Å²) in [5, 5.41) is 3.03. The predicted octanol–water partition coefficient (Wildman–Crippen LogP) is 1.60. The van der Waals surface area contributed by atoms with Crippen LogP contribution in [0.4, 0.5) is 0 Å². The van der Waals surface area contributed by atoms with Gasteiger partial charge in [0.1, 0.15) is 0 Å². The van der Waals surface area contributed by atoms with Crippen molar-refractivity contribution in [2.75, 3.05) is 13.1 Å². The van der Waals surface area contributed by atoms with Gasteiger partial charge in [0.25, 0.3) is 0 Å². The second-order valence-corrected chi connectivity index (χ2v) is 5.55. The molecule has 0 aromatic heterocycles. The number of nitrogens with zero attached hydrogens (tertiary/aromatic N) is 1. The van der Waals surface area contributed by atoms with Crippen LogP contribution in [-0.4, -0.2) is 35.8 Å². The lowest BCUT2D eigenvalue weighted by atomic mass is 9.98. The molecular formula is C16H22N2O2. The number of benzene rings is 1. The first-order valence-corrected chi connectivity index (χ1v) is 7.16. The van der Waals surface area contributed by atoms with Crippen LogP contribution in [0.5, 0.6) is 0 Å². The van der Waals surface area contributed by atoms with E-state index in [9.17, 15) is 9.59 Å². The molecule has 108 valence electrons. The molecule has 1 heterocycles. The number of likely N-dealkylation sites (tertiary alicyclic amines) is 1. The summed E-state index contributed by atoms with van der Waals surface area (Å²) in [6, 6.07) is 10.4. The molecule has 2 amide bonds. The molecule has 1 saturated heterocycles. The van der Waals surface area contributed by atoms with Gasteiger partial charge in [0.05, 0.1) is 5.92 Å². The minimum absolute atomic E-state index is 0.0296. The Morgan fingerprint density at radius 3 is 2.55 bits per heavy atom. The van der Waals surface area contributed by atoms with E-state index in [-0.39, 0.29) is 23.8 Å². The monoisotopic (exact) mass is 274 g/mol. The van der Waals surface area contributed by atoms with Crippen LogP contribution in [0.3, 0.4) is 0 Å². The van der Waals surface area contributed by atoms with Gasteiger partial charge in [-0.2, -0.15) is 0 Å². The van der Waals surface area contributed by atoms with Crippen LogP contribution in [0.15, 0.2) is 30.3 Å². The highest BCUT2D eigenvalue weighted by molar-refractivity contribution is 5.83. The summed E-state index contributed by atoms with van der Waals surface area (Å²) in [6.07, 6.45) is 1.89. The summed E-state index contributed by atoms with van der Waals surface area (Å²) < 4.78 is 0. The molecule has 2 rings (SSSR count). The number of rotatable bonds is 5. The Hall–Kier alpha value is -1.84. The fourth-order valence-electron chi connectivity index (χ4n) is 2.36. The van der Waals surface area contributed by atoms with Gasteiger partial charge in [0.2, 0.25) is 11.8 Å². The Balaban J connectivity index is 1.68. The van der Waals surface area contributed by atoms with Gasteiger partial charge < -0.3 is 10.2 Å². The highest BCUT2D eigenvalue weighted by atomic mass is 16.2. The maximum atomic E-state index is 12.0. The van der Waals surface area contributed by atoms with Crippen molar-refractivity contribution >= 4 is 11.8 Å². The Bertz CT molecular complexity index is 467. The Morgan fingerprint density at radius 2 is 1.95 bits per heavy atom.